The normalized spacial score (nSPS) is 14.6. The molecule has 0 radical (unpaired) electrons. The first kappa shape index (κ1) is 22.6. The van der Waals surface area contributed by atoms with Crippen LogP contribution in [0, 0.1) is 0 Å². The number of carboxylic acids is 1. The molecule has 0 aromatic carbocycles. The van der Waals surface area contributed by atoms with Crippen LogP contribution in [-0.2, 0) is 19.1 Å². The van der Waals surface area contributed by atoms with Crippen molar-refractivity contribution >= 4 is 35.4 Å². The molecule has 1 fully saturated rings. The molecule has 0 saturated heterocycles. The van der Waals surface area contributed by atoms with Gasteiger partial charge in [0.2, 0.25) is 5.91 Å². The van der Waals surface area contributed by atoms with Crippen molar-refractivity contribution in [2.75, 3.05) is 6.54 Å². The third kappa shape index (κ3) is 7.34. The van der Waals surface area contributed by atoms with Gasteiger partial charge >= 0.3 is 11.9 Å². The van der Waals surface area contributed by atoms with E-state index in [1.165, 1.54) is 23.2 Å². The van der Waals surface area contributed by atoms with Gasteiger partial charge in [-0.1, -0.05) is 11.6 Å². The summed E-state index contributed by atoms with van der Waals surface area (Å²) in [5.41, 5.74) is -0.809. The fraction of sp³-hybridized carbons (Fsp3) is 0.526. The van der Waals surface area contributed by atoms with Gasteiger partial charge in [0.05, 0.1) is 6.42 Å². The van der Waals surface area contributed by atoms with E-state index in [9.17, 15) is 19.2 Å². The van der Waals surface area contributed by atoms with Crippen LogP contribution in [0.5, 0.6) is 0 Å². The Balaban J connectivity index is 2.21. The minimum absolute atomic E-state index is 0.0318. The predicted molar refractivity (Wildman–Crippen MR) is 103 cm³/mol. The maximum Gasteiger partial charge on any atom is 0.323 e. The number of amides is 2. The van der Waals surface area contributed by atoms with Gasteiger partial charge in [-0.2, -0.15) is 0 Å². The summed E-state index contributed by atoms with van der Waals surface area (Å²) in [7, 11) is 0. The highest BCUT2D eigenvalue weighted by Gasteiger charge is 2.39. The largest absolute Gasteiger partial charge is 0.480 e. The Morgan fingerprint density at radius 1 is 1.34 bits per heavy atom. The summed E-state index contributed by atoms with van der Waals surface area (Å²) >= 11 is 5.87. The highest BCUT2D eigenvalue weighted by molar-refractivity contribution is 6.30. The average molecular weight is 426 g/mol. The summed E-state index contributed by atoms with van der Waals surface area (Å²) in [5, 5.41) is 11.9. The first-order valence-electron chi connectivity index (χ1n) is 9.13. The molecule has 10 heteroatoms. The molecule has 158 valence electrons. The quantitative estimate of drug-likeness (QED) is 0.606. The minimum atomic E-state index is -1.29. The van der Waals surface area contributed by atoms with Gasteiger partial charge in [0.1, 0.15) is 23.9 Å². The molecule has 1 heterocycles. The molecule has 0 aliphatic heterocycles. The maximum atomic E-state index is 13.0. The topological polar surface area (TPSA) is 126 Å². The molecule has 1 saturated carbocycles. The lowest BCUT2D eigenvalue weighted by Crippen LogP contribution is -2.52. The molecule has 2 N–H and O–H groups in total. The van der Waals surface area contributed by atoms with E-state index >= 15 is 0 Å². The van der Waals surface area contributed by atoms with Gasteiger partial charge < -0.3 is 20.1 Å². The molecule has 1 aromatic heterocycles. The molecule has 1 aromatic rings. The fourth-order valence-corrected chi connectivity index (χ4v) is 2.79. The van der Waals surface area contributed by atoms with Gasteiger partial charge in [-0.3, -0.25) is 24.2 Å². The molecule has 1 aliphatic rings. The second-order valence-electron chi connectivity index (χ2n) is 7.77. The van der Waals surface area contributed by atoms with Gasteiger partial charge in [-0.25, -0.2) is 0 Å². The summed E-state index contributed by atoms with van der Waals surface area (Å²) in [6.45, 7) is 4.52. The fourth-order valence-electron chi connectivity index (χ4n) is 2.63. The molecule has 1 aliphatic carbocycles. The number of carboxylic acid groups (broad SMARTS) is 1. The molecule has 0 spiro atoms. The van der Waals surface area contributed by atoms with Crippen molar-refractivity contribution < 1.29 is 29.0 Å². The molecular formula is C19H24ClN3O6. The third-order valence-corrected chi connectivity index (χ3v) is 4.16. The summed E-state index contributed by atoms with van der Waals surface area (Å²) in [6.07, 6.45) is 2.23. The summed E-state index contributed by atoms with van der Waals surface area (Å²) < 4.78 is 5.25. The van der Waals surface area contributed by atoms with Crippen molar-refractivity contribution in [3.63, 3.8) is 0 Å². The molecule has 2 amide bonds. The van der Waals surface area contributed by atoms with Crippen molar-refractivity contribution in [2.45, 2.75) is 57.7 Å². The Morgan fingerprint density at radius 3 is 2.52 bits per heavy atom. The molecule has 9 nitrogen and oxygen atoms in total. The van der Waals surface area contributed by atoms with E-state index in [2.05, 4.69) is 10.3 Å². The number of rotatable bonds is 8. The van der Waals surface area contributed by atoms with Crippen molar-refractivity contribution in [3.05, 3.63) is 29.0 Å². The molecule has 1 unspecified atom stereocenters. The molecule has 0 bridgehead atoms. The van der Waals surface area contributed by atoms with Gasteiger partial charge in [0.25, 0.3) is 5.91 Å². The highest BCUT2D eigenvalue weighted by Crippen LogP contribution is 2.27. The third-order valence-electron chi connectivity index (χ3n) is 3.93. The van der Waals surface area contributed by atoms with E-state index in [1.807, 2.05) is 0 Å². The van der Waals surface area contributed by atoms with E-state index in [1.54, 1.807) is 20.8 Å². The van der Waals surface area contributed by atoms with E-state index in [0.717, 1.165) is 0 Å². The number of halogens is 1. The van der Waals surface area contributed by atoms with Crippen LogP contribution in [0.2, 0.25) is 5.02 Å². The zero-order chi connectivity index (χ0) is 21.8. The van der Waals surface area contributed by atoms with Gasteiger partial charge in [0.15, 0.2) is 0 Å². The van der Waals surface area contributed by atoms with E-state index in [-0.39, 0.29) is 16.8 Å². The number of ether oxygens (including phenoxy) is 1. The number of carbonyl (C=O) groups is 4. The number of nitrogens with one attached hydrogen (secondary N) is 1. The minimum Gasteiger partial charge on any atom is -0.480 e. The Bertz CT molecular complexity index is 803. The zero-order valence-corrected chi connectivity index (χ0v) is 17.2. The van der Waals surface area contributed by atoms with Crippen LogP contribution in [0.3, 0.4) is 0 Å². The number of aromatic nitrogens is 1. The Kier molecular flexibility index (Phi) is 7.18. The second-order valence-corrected chi connectivity index (χ2v) is 8.20. The molecular weight excluding hydrogens is 402 g/mol. The van der Waals surface area contributed by atoms with Gasteiger partial charge in [-0.05, 0) is 45.7 Å². The predicted octanol–water partition coefficient (Wildman–Crippen LogP) is 1.64. The number of esters is 1. The monoisotopic (exact) mass is 425 g/mol. The lowest BCUT2D eigenvalue weighted by Gasteiger charge is -2.27. The van der Waals surface area contributed by atoms with Crippen LogP contribution < -0.4 is 5.32 Å². The van der Waals surface area contributed by atoms with Crippen LogP contribution in [0.1, 0.15) is 50.5 Å². The van der Waals surface area contributed by atoms with Crippen molar-refractivity contribution in [1.29, 1.82) is 0 Å². The summed E-state index contributed by atoms with van der Waals surface area (Å²) in [4.78, 5) is 54.0. The van der Waals surface area contributed by atoms with Gasteiger partial charge in [0, 0.05) is 17.3 Å². The number of hydrogen-bond donors (Lipinski definition) is 2. The number of carbonyl (C=O) groups excluding carboxylic acids is 3. The van der Waals surface area contributed by atoms with Crippen LogP contribution in [-0.4, -0.2) is 63.0 Å². The summed E-state index contributed by atoms with van der Waals surface area (Å²) in [6, 6.07) is 1.30. The van der Waals surface area contributed by atoms with Crippen LogP contribution in [0.15, 0.2) is 18.3 Å². The Morgan fingerprint density at radius 2 is 2.00 bits per heavy atom. The van der Waals surface area contributed by atoms with Crippen molar-refractivity contribution in [2.24, 2.45) is 0 Å². The Labute approximate surface area is 173 Å². The second kappa shape index (κ2) is 9.21. The Hall–Kier alpha value is -2.68. The lowest BCUT2D eigenvalue weighted by atomic mass is 10.1. The SMILES string of the molecule is CC(C)(C)OC(=O)CC(NC(=O)c1cc(Cl)ccn1)C(=O)N(CC(=O)O)C1CC1. The van der Waals surface area contributed by atoms with E-state index in [4.69, 9.17) is 21.4 Å². The number of hydrogen-bond acceptors (Lipinski definition) is 6. The van der Waals surface area contributed by atoms with E-state index < -0.39 is 48.4 Å². The van der Waals surface area contributed by atoms with Crippen molar-refractivity contribution in [1.82, 2.24) is 15.2 Å². The highest BCUT2D eigenvalue weighted by atomic mass is 35.5. The van der Waals surface area contributed by atoms with Crippen LogP contribution >= 0.6 is 11.6 Å². The molecule has 29 heavy (non-hydrogen) atoms. The molecule has 1 atom stereocenters. The average Bonchev–Trinajstić information content (AvgIpc) is 3.41. The van der Waals surface area contributed by atoms with E-state index in [0.29, 0.717) is 12.8 Å². The standard InChI is InChI=1S/C19H24ClN3O6/c1-19(2,3)29-16(26)9-14(18(28)23(10-15(24)25)12-4-5-12)22-17(27)13-8-11(20)6-7-21-13/h6-8,12,14H,4-5,9-10H2,1-3H3,(H,22,27)(H,24,25). The number of pyridine rings is 1. The molecule has 2 rings (SSSR count). The smallest absolute Gasteiger partial charge is 0.323 e. The van der Waals surface area contributed by atoms with Crippen molar-refractivity contribution in [3.8, 4) is 0 Å². The summed E-state index contributed by atoms with van der Waals surface area (Å²) in [5.74, 6) is -3.23. The van der Waals surface area contributed by atoms with Gasteiger partial charge in [-0.15, -0.1) is 0 Å². The zero-order valence-electron chi connectivity index (χ0n) is 16.5. The first-order valence-corrected chi connectivity index (χ1v) is 9.50. The lowest BCUT2D eigenvalue weighted by molar-refractivity contribution is -0.157. The van der Waals surface area contributed by atoms with Crippen LogP contribution in [0.25, 0.3) is 0 Å². The maximum absolute atomic E-state index is 13.0. The number of nitrogens with zero attached hydrogens (tertiary/aromatic N) is 2. The first-order chi connectivity index (χ1) is 13.5. The number of aliphatic carboxylic acids is 1. The van der Waals surface area contributed by atoms with Crippen LogP contribution in [0.4, 0.5) is 0 Å².